The number of aromatic nitrogens is 4. The van der Waals surface area contributed by atoms with E-state index in [0.717, 1.165) is 11.5 Å². The number of nitrogens with one attached hydrogen (secondary N) is 1. The Bertz CT molecular complexity index is 678. The maximum atomic E-state index is 4.10. The quantitative estimate of drug-likeness (QED) is 0.779. The van der Waals surface area contributed by atoms with Gasteiger partial charge in [0.25, 0.3) is 0 Å². The van der Waals surface area contributed by atoms with Gasteiger partial charge in [0.1, 0.15) is 0 Å². The minimum atomic E-state index is 0.243. The maximum absolute atomic E-state index is 4.10. The largest absolute Gasteiger partial charge is 0.303 e. The van der Waals surface area contributed by atoms with Crippen molar-refractivity contribution in [2.45, 2.75) is 19.5 Å². The molecule has 2 aromatic carbocycles. The van der Waals surface area contributed by atoms with Gasteiger partial charge in [-0.05, 0) is 35.0 Å². The Labute approximate surface area is 123 Å². The van der Waals surface area contributed by atoms with Gasteiger partial charge in [-0.15, -0.1) is 5.10 Å². The Morgan fingerprint density at radius 1 is 1.00 bits per heavy atom. The van der Waals surface area contributed by atoms with Gasteiger partial charge < -0.3 is 5.32 Å². The monoisotopic (exact) mass is 279 g/mol. The van der Waals surface area contributed by atoms with Gasteiger partial charge in [0.15, 0.2) is 5.82 Å². The van der Waals surface area contributed by atoms with E-state index in [4.69, 9.17) is 0 Å². The SMILES string of the molecule is CC(NCc1nnnn1-c1ccccc1)c1ccccc1. The lowest BCUT2D eigenvalue weighted by molar-refractivity contribution is 0.551. The molecule has 0 saturated carbocycles. The van der Waals surface area contributed by atoms with Gasteiger partial charge in [0.2, 0.25) is 0 Å². The molecule has 0 saturated heterocycles. The molecule has 1 aromatic heterocycles. The lowest BCUT2D eigenvalue weighted by Gasteiger charge is -2.13. The average molecular weight is 279 g/mol. The van der Waals surface area contributed by atoms with Crippen molar-refractivity contribution < 1.29 is 0 Å². The van der Waals surface area contributed by atoms with E-state index in [1.807, 2.05) is 48.5 Å². The zero-order valence-electron chi connectivity index (χ0n) is 11.8. The van der Waals surface area contributed by atoms with Crippen LogP contribution in [0.5, 0.6) is 0 Å². The standard InChI is InChI=1S/C16H17N5/c1-13(14-8-4-2-5-9-14)17-12-16-18-19-20-21(16)15-10-6-3-7-11-15/h2-11,13,17H,12H2,1H3. The van der Waals surface area contributed by atoms with E-state index < -0.39 is 0 Å². The zero-order valence-corrected chi connectivity index (χ0v) is 11.8. The van der Waals surface area contributed by atoms with Crippen LogP contribution in [0.1, 0.15) is 24.4 Å². The number of hydrogen-bond acceptors (Lipinski definition) is 4. The number of rotatable bonds is 5. The summed E-state index contributed by atoms with van der Waals surface area (Å²) in [4.78, 5) is 0. The normalized spacial score (nSPS) is 12.2. The van der Waals surface area contributed by atoms with E-state index in [1.165, 1.54) is 5.56 Å². The van der Waals surface area contributed by atoms with Gasteiger partial charge >= 0.3 is 0 Å². The van der Waals surface area contributed by atoms with Crippen LogP contribution in [0.3, 0.4) is 0 Å². The number of benzene rings is 2. The molecule has 1 atom stereocenters. The molecule has 0 spiro atoms. The lowest BCUT2D eigenvalue weighted by atomic mass is 10.1. The van der Waals surface area contributed by atoms with E-state index in [2.05, 4.69) is 39.9 Å². The Hall–Kier alpha value is -2.53. The predicted molar refractivity (Wildman–Crippen MR) is 80.9 cm³/mol. The van der Waals surface area contributed by atoms with E-state index in [1.54, 1.807) is 4.68 Å². The van der Waals surface area contributed by atoms with Gasteiger partial charge in [-0.25, -0.2) is 0 Å². The molecule has 1 unspecified atom stereocenters. The molecule has 0 aliphatic carbocycles. The molecule has 0 bridgehead atoms. The highest BCUT2D eigenvalue weighted by atomic mass is 15.5. The van der Waals surface area contributed by atoms with Crippen molar-refractivity contribution in [3.63, 3.8) is 0 Å². The summed E-state index contributed by atoms with van der Waals surface area (Å²) in [6.07, 6.45) is 0. The number of nitrogens with zero attached hydrogens (tertiary/aromatic N) is 4. The molecule has 5 heteroatoms. The van der Waals surface area contributed by atoms with Crippen LogP contribution in [0.25, 0.3) is 5.69 Å². The summed E-state index contributed by atoms with van der Waals surface area (Å²) in [5, 5.41) is 15.4. The summed E-state index contributed by atoms with van der Waals surface area (Å²) in [6, 6.07) is 20.5. The van der Waals surface area contributed by atoms with Crippen molar-refractivity contribution in [1.29, 1.82) is 0 Å². The Kier molecular flexibility index (Phi) is 4.02. The molecule has 106 valence electrons. The van der Waals surface area contributed by atoms with Crippen molar-refractivity contribution in [3.05, 3.63) is 72.1 Å². The summed E-state index contributed by atoms with van der Waals surface area (Å²) >= 11 is 0. The number of para-hydroxylation sites is 1. The highest BCUT2D eigenvalue weighted by Crippen LogP contribution is 2.12. The van der Waals surface area contributed by atoms with Crippen LogP contribution in [0.15, 0.2) is 60.7 Å². The first kappa shape index (κ1) is 13.5. The van der Waals surface area contributed by atoms with Crippen molar-refractivity contribution in [3.8, 4) is 5.69 Å². The Morgan fingerprint density at radius 2 is 1.67 bits per heavy atom. The fraction of sp³-hybridized carbons (Fsp3) is 0.188. The molecule has 0 aliphatic rings. The predicted octanol–water partition coefficient (Wildman–Crippen LogP) is 2.51. The van der Waals surface area contributed by atoms with Crippen molar-refractivity contribution in [1.82, 2.24) is 25.5 Å². The molecular formula is C16H17N5. The molecule has 3 rings (SSSR count). The Morgan fingerprint density at radius 3 is 2.38 bits per heavy atom. The smallest absolute Gasteiger partial charge is 0.170 e. The molecule has 0 fully saturated rings. The molecule has 0 aliphatic heterocycles. The Balaban J connectivity index is 1.71. The zero-order chi connectivity index (χ0) is 14.5. The van der Waals surface area contributed by atoms with Gasteiger partial charge in [-0.2, -0.15) is 4.68 Å². The van der Waals surface area contributed by atoms with Crippen LogP contribution in [0.4, 0.5) is 0 Å². The molecule has 0 amide bonds. The minimum Gasteiger partial charge on any atom is -0.303 e. The fourth-order valence-electron chi connectivity index (χ4n) is 2.19. The first-order chi connectivity index (χ1) is 10.3. The lowest BCUT2D eigenvalue weighted by Crippen LogP contribution is -2.20. The molecule has 5 nitrogen and oxygen atoms in total. The van der Waals surface area contributed by atoms with E-state index in [0.29, 0.717) is 6.54 Å². The summed E-state index contributed by atoms with van der Waals surface area (Å²) in [6.45, 7) is 2.74. The van der Waals surface area contributed by atoms with Crippen molar-refractivity contribution in [2.24, 2.45) is 0 Å². The fourth-order valence-corrected chi connectivity index (χ4v) is 2.19. The second-order valence-electron chi connectivity index (χ2n) is 4.86. The number of hydrogen-bond donors (Lipinski definition) is 1. The summed E-state index contributed by atoms with van der Waals surface area (Å²) in [5.41, 5.74) is 2.21. The van der Waals surface area contributed by atoms with Gasteiger partial charge in [-0.1, -0.05) is 48.5 Å². The van der Waals surface area contributed by atoms with Crippen LogP contribution < -0.4 is 5.32 Å². The highest BCUT2D eigenvalue weighted by molar-refractivity contribution is 5.30. The van der Waals surface area contributed by atoms with Crippen LogP contribution in [-0.4, -0.2) is 20.2 Å². The highest BCUT2D eigenvalue weighted by Gasteiger charge is 2.10. The molecule has 21 heavy (non-hydrogen) atoms. The second-order valence-corrected chi connectivity index (χ2v) is 4.86. The summed E-state index contributed by atoms with van der Waals surface area (Å²) < 4.78 is 1.75. The average Bonchev–Trinajstić information content (AvgIpc) is 3.03. The second kappa shape index (κ2) is 6.28. The summed E-state index contributed by atoms with van der Waals surface area (Å²) in [7, 11) is 0. The van der Waals surface area contributed by atoms with Crippen LogP contribution in [0.2, 0.25) is 0 Å². The van der Waals surface area contributed by atoms with Crippen LogP contribution in [0, 0.1) is 0 Å². The van der Waals surface area contributed by atoms with Gasteiger partial charge in [0.05, 0.1) is 12.2 Å². The third kappa shape index (κ3) is 3.14. The minimum absolute atomic E-state index is 0.243. The van der Waals surface area contributed by atoms with E-state index in [-0.39, 0.29) is 6.04 Å². The third-order valence-electron chi connectivity index (χ3n) is 3.40. The maximum Gasteiger partial charge on any atom is 0.170 e. The third-order valence-corrected chi connectivity index (χ3v) is 3.40. The molecule has 0 radical (unpaired) electrons. The van der Waals surface area contributed by atoms with Crippen LogP contribution >= 0.6 is 0 Å². The molecule has 3 aromatic rings. The van der Waals surface area contributed by atoms with Gasteiger partial charge in [-0.3, -0.25) is 0 Å². The van der Waals surface area contributed by atoms with E-state index in [9.17, 15) is 0 Å². The summed E-state index contributed by atoms with van der Waals surface area (Å²) in [5.74, 6) is 0.795. The van der Waals surface area contributed by atoms with Crippen LogP contribution in [-0.2, 0) is 6.54 Å². The molecule has 1 heterocycles. The van der Waals surface area contributed by atoms with E-state index >= 15 is 0 Å². The first-order valence-electron chi connectivity index (χ1n) is 6.95. The molecule has 1 N–H and O–H groups in total. The molecular weight excluding hydrogens is 262 g/mol. The number of tetrazole rings is 1. The topological polar surface area (TPSA) is 55.6 Å². The van der Waals surface area contributed by atoms with Crippen molar-refractivity contribution in [2.75, 3.05) is 0 Å². The van der Waals surface area contributed by atoms with Crippen molar-refractivity contribution >= 4 is 0 Å². The van der Waals surface area contributed by atoms with Gasteiger partial charge in [0, 0.05) is 6.04 Å². The first-order valence-corrected chi connectivity index (χ1v) is 6.95.